The van der Waals surface area contributed by atoms with Crippen LogP contribution in [0.1, 0.15) is 27.0 Å². The molecule has 3 aromatic rings. The highest BCUT2D eigenvalue weighted by atomic mass is 35.5. The molecule has 0 unspecified atom stereocenters. The number of nitrogens with zero attached hydrogens (tertiary/aromatic N) is 3. The third-order valence-corrected chi connectivity index (χ3v) is 7.09. The van der Waals surface area contributed by atoms with Crippen LogP contribution in [0, 0.1) is 17.1 Å². The average molecular weight is 486 g/mol. The maximum atomic E-state index is 13.7. The zero-order valence-electron chi connectivity index (χ0n) is 18.0. The summed E-state index contributed by atoms with van der Waals surface area (Å²) in [6, 6.07) is 18.6. The molecule has 0 saturated heterocycles. The fourth-order valence-electron chi connectivity index (χ4n) is 3.17. The smallest absolute Gasteiger partial charge is 0.256 e. The van der Waals surface area contributed by atoms with Gasteiger partial charge in [0.15, 0.2) is 0 Å². The van der Waals surface area contributed by atoms with Crippen LogP contribution in [0.2, 0.25) is 5.02 Å². The first-order valence-corrected chi connectivity index (χ1v) is 11.7. The minimum absolute atomic E-state index is 0.0182. The molecule has 1 amide bonds. The molecule has 0 saturated carbocycles. The number of nitriles is 1. The predicted octanol–water partition coefficient (Wildman–Crippen LogP) is 4.44. The quantitative estimate of drug-likeness (QED) is 0.495. The molecule has 0 N–H and O–H groups in total. The van der Waals surface area contributed by atoms with Gasteiger partial charge in [-0.15, -0.1) is 0 Å². The minimum Gasteiger partial charge on any atom is -0.330 e. The van der Waals surface area contributed by atoms with E-state index in [9.17, 15) is 17.6 Å². The van der Waals surface area contributed by atoms with Gasteiger partial charge in [-0.1, -0.05) is 35.9 Å². The summed E-state index contributed by atoms with van der Waals surface area (Å²) in [4.78, 5) is 14.9. The lowest BCUT2D eigenvalue weighted by molar-refractivity contribution is 0.0729. The molecule has 33 heavy (non-hydrogen) atoms. The molecule has 0 aliphatic carbocycles. The number of benzene rings is 3. The van der Waals surface area contributed by atoms with Crippen molar-refractivity contribution < 1.29 is 17.6 Å². The Kier molecular flexibility index (Phi) is 7.49. The number of amides is 1. The summed E-state index contributed by atoms with van der Waals surface area (Å²) in [5.41, 5.74) is 1.80. The topological polar surface area (TPSA) is 81.5 Å². The highest BCUT2D eigenvalue weighted by Crippen LogP contribution is 2.25. The number of hydrogen-bond donors (Lipinski definition) is 0. The standard InChI is InChI=1S/C24H21ClFN3O3S/c1-28(2)33(31,32)21-10-11-23(25)22(13-21)24(30)29(16-19-4-3-5-20(26)12-19)15-18-8-6-17(14-27)7-9-18/h3-13H,15-16H2,1-2H3. The van der Waals surface area contributed by atoms with Crippen molar-refractivity contribution in [2.45, 2.75) is 18.0 Å². The molecule has 0 bridgehead atoms. The Hall–Kier alpha value is -3.25. The van der Waals surface area contributed by atoms with E-state index >= 15 is 0 Å². The van der Waals surface area contributed by atoms with Gasteiger partial charge in [0.05, 0.1) is 27.1 Å². The van der Waals surface area contributed by atoms with Gasteiger partial charge in [0.2, 0.25) is 10.0 Å². The van der Waals surface area contributed by atoms with Crippen molar-refractivity contribution in [2.24, 2.45) is 0 Å². The molecule has 0 radical (unpaired) electrons. The second kappa shape index (κ2) is 10.1. The van der Waals surface area contributed by atoms with Crippen LogP contribution in [0.3, 0.4) is 0 Å². The van der Waals surface area contributed by atoms with Crippen molar-refractivity contribution in [2.75, 3.05) is 14.1 Å². The van der Waals surface area contributed by atoms with Crippen molar-refractivity contribution in [3.8, 4) is 6.07 Å². The summed E-state index contributed by atoms with van der Waals surface area (Å²) in [5.74, 6) is -0.945. The second-order valence-electron chi connectivity index (χ2n) is 7.53. The molecule has 0 atom stereocenters. The van der Waals surface area contributed by atoms with Crippen molar-refractivity contribution >= 4 is 27.5 Å². The van der Waals surface area contributed by atoms with Crippen molar-refractivity contribution in [3.05, 3.63) is 99.8 Å². The molecule has 9 heteroatoms. The molecule has 0 fully saturated rings. The summed E-state index contributed by atoms with van der Waals surface area (Å²) in [6.45, 7) is 0.208. The van der Waals surface area contributed by atoms with Crippen molar-refractivity contribution in [1.29, 1.82) is 5.26 Å². The van der Waals surface area contributed by atoms with Crippen LogP contribution >= 0.6 is 11.6 Å². The number of sulfonamides is 1. The number of carbonyl (C=O) groups is 1. The van der Waals surface area contributed by atoms with Gasteiger partial charge in [0.1, 0.15) is 5.82 Å². The molecular weight excluding hydrogens is 465 g/mol. The molecular formula is C24H21ClFN3O3S. The Morgan fingerprint density at radius 3 is 2.27 bits per heavy atom. The first-order valence-electron chi connectivity index (χ1n) is 9.86. The zero-order chi connectivity index (χ0) is 24.2. The molecule has 0 aliphatic rings. The Balaban J connectivity index is 2.02. The van der Waals surface area contributed by atoms with E-state index in [2.05, 4.69) is 0 Å². The third kappa shape index (κ3) is 5.76. The number of carbonyl (C=O) groups excluding carboxylic acids is 1. The first kappa shape index (κ1) is 24.4. The van der Waals surface area contributed by atoms with Crippen molar-refractivity contribution in [1.82, 2.24) is 9.21 Å². The predicted molar refractivity (Wildman–Crippen MR) is 123 cm³/mol. The normalized spacial score (nSPS) is 11.3. The van der Waals surface area contributed by atoms with Crippen LogP contribution in [0.15, 0.2) is 71.6 Å². The molecule has 3 rings (SSSR count). The fraction of sp³-hybridized carbons (Fsp3) is 0.167. The monoisotopic (exact) mass is 485 g/mol. The molecule has 0 heterocycles. The van der Waals surface area contributed by atoms with E-state index in [1.807, 2.05) is 6.07 Å². The van der Waals surface area contributed by atoms with Crippen LogP contribution < -0.4 is 0 Å². The van der Waals surface area contributed by atoms with Gasteiger partial charge in [-0.25, -0.2) is 17.1 Å². The molecule has 170 valence electrons. The highest BCUT2D eigenvalue weighted by molar-refractivity contribution is 7.89. The molecule has 0 spiro atoms. The largest absolute Gasteiger partial charge is 0.330 e. The number of hydrogen-bond acceptors (Lipinski definition) is 4. The third-order valence-electron chi connectivity index (χ3n) is 4.95. The van der Waals surface area contributed by atoms with Crippen LogP contribution in [0.25, 0.3) is 0 Å². The van der Waals surface area contributed by atoms with E-state index < -0.39 is 21.7 Å². The Morgan fingerprint density at radius 2 is 1.67 bits per heavy atom. The van der Waals surface area contributed by atoms with Crippen LogP contribution in [0.5, 0.6) is 0 Å². The zero-order valence-corrected chi connectivity index (χ0v) is 19.6. The van der Waals surface area contributed by atoms with Gasteiger partial charge >= 0.3 is 0 Å². The van der Waals surface area contributed by atoms with Gasteiger partial charge in [0, 0.05) is 27.2 Å². The van der Waals surface area contributed by atoms with Gasteiger partial charge in [-0.3, -0.25) is 4.79 Å². The number of halogens is 2. The molecule has 6 nitrogen and oxygen atoms in total. The van der Waals surface area contributed by atoms with Crippen LogP contribution in [-0.2, 0) is 23.1 Å². The average Bonchev–Trinajstić information content (AvgIpc) is 2.79. The van der Waals surface area contributed by atoms with E-state index in [-0.39, 0.29) is 28.6 Å². The fourth-order valence-corrected chi connectivity index (χ4v) is 4.30. The molecule has 0 aliphatic heterocycles. The van der Waals surface area contributed by atoms with Gasteiger partial charge in [-0.05, 0) is 53.6 Å². The Labute approximate surface area is 197 Å². The molecule has 3 aromatic carbocycles. The first-order chi connectivity index (χ1) is 15.6. The highest BCUT2D eigenvalue weighted by Gasteiger charge is 2.24. The molecule has 0 aromatic heterocycles. The lowest BCUT2D eigenvalue weighted by Gasteiger charge is -2.24. The summed E-state index contributed by atoms with van der Waals surface area (Å²) < 4.78 is 39.9. The minimum atomic E-state index is -3.78. The van der Waals surface area contributed by atoms with Crippen molar-refractivity contribution in [3.63, 3.8) is 0 Å². The van der Waals surface area contributed by atoms with Crippen LogP contribution in [-0.4, -0.2) is 37.6 Å². The summed E-state index contributed by atoms with van der Waals surface area (Å²) in [6.07, 6.45) is 0. The van der Waals surface area contributed by atoms with E-state index in [1.54, 1.807) is 36.4 Å². The Morgan fingerprint density at radius 1 is 1.00 bits per heavy atom. The summed E-state index contributed by atoms with van der Waals surface area (Å²) in [5, 5.41) is 9.11. The van der Waals surface area contributed by atoms with E-state index in [4.69, 9.17) is 16.9 Å². The maximum absolute atomic E-state index is 13.7. The van der Waals surface area contributed by atoms with Gasteiger partial charge in [-0.2, -0.15) is 5.26 Å². The summed E-state index contributed by atoms with van der Waals surface area (Å²) >= 11 is 6.28. The maximum Gasteiger partial charge on any atom is 0.256 e. The summed E-state index contributed by atoms with van der Waals surface area (Å²) in [7, 11) is -0.992. The van der Waals surface area contributed by atoms with E-state index in [0.717, 1.165) is 9.87 Å². The van der Waals surface area contributed by atoms with E-state index in [1.165, 1.54) is 49.3 Å². The Bertz CT molecular complexity index is 1320. The SMILES string of the molecule is CN(C)S(=O)(=O)c1ccc(Cl)c(C(=O)N(Cc2ccc(C#N)cc2)Cc2cccc(F)c2)c1. The lowest BCUT2D eigenvalue weighted by atomic mass is 10.1. The van der Waals surface area contributed by atoms with Gasteiger partial charge < -0.3 is 4.90 Å². The number of rotatable bonds is 7. The van der Waals surface area contributed by atoms with Gasteiger partial charge in [0.25, 0.3) is 5.91 Å². The lowest BCUT2D eigenvalue weighted by Crippen LogP contribution is -2.31. The second-order valence-corrected chi connectivity index (χ2v) is 10.1. The van der Waals surface area contributed by atoms with Crippen LogP contribution in [0.4, 0.5) is 4.39 Å². The van der Waals surface area contributed by atoms with E-state index in [0.29, 0.717) is 11.1 Å².